The van der Waals surface area contributed by atoms with E-state index in [0.717, 1.165) is 38.5 Å². The van der Waals surface area contributed by atoms with Crippen LogP contribution in [0.1, 0.15) is 23.1 Å². The van der Waals surface area contributed by atoms with Gasteiger partial charge in [-0.2, -0.15) is 0 Å². The molecule has 1 aromatic carbocycles. The largest absolute Gasteiger partial charge is 0.495 e. The van der Waals surface area contributed by atoms with Gasteiger partial charge in [0.15, 0.2) is 0 Å². The molecule has 1 aliphatic carbocycles. The molecule has 1 aromatic rings. The van der Waals surface area contributed by atoms with Gasteiger partial charge in [-0.05, 0) is 46.3 Å². The first-order chi connectivity index (χ1) is 9.29. The van der Waals surface area contributed by atoms with E-state index in [2.05, 4.69) is 32.2 Å². The van der Waals surface area contributed by atoms with Crippen LogP contribution in [0.4, 0.5) is 0 Å². The molecule has 0 bridgehead atoms. The molecule has 0 amide bonds. The molecule has 0 spiro atoms. The van der Waals surface area contributed by atoms with Crippen LogP contribution in [0.15, 0.2) is 10.5 Å². The number of methoxy groups -OCH3 is 1. The Labute approximate surface area is 123 Å². The van der Waals surface area contributed by atoms with Crippen LogP contribution in [0.25, 0.3) is 0 Å². The first kappa shape index (κ1) is 13.4. The second kappa shape index (κ2) is 5.81. The highest BCUT2D eigenvalue weighted by atomic mass is 79.9. The van der Waals surface area contributed by atoms with Crippen LogP contribution in [0.5, 0.6) is 5.75 Å². The van der Waals surface area contributed by atoms with Gasteiger partial charge in [0.05, 0.1) is 11.6 Å². The Hall–Kier alpha value is -0.580. The van der Waals surface area contributed by atoms with Crippen molar-refractivity contribution in [3.63, 3.8) is 0 Å². The van der Waals surface area contributed by atoms with Crippen molar-refractivity contribution < 1.29 is 4.74 Å². The molecule has 1 N–H and O–H groups in total. The average Bonchev–Trinajstić information content (AvgIpc) is 2.89. The van der Waals surface area contributed by atoms with Gasteiger partial charge in [0, 0.05) is 38.3 Å². The molecular formula is C15H21BrN2O. The average molecular weight is 325 g/mol. The third kappa shape index (κ3) is 2.67. The molecule has 3 rings (SSSR count). The summed E-state index contributed by atoms with van der Waals surface area (Å²) in [5.41, 5.74) is 4.30. The molecule has 19 heavy (non-hydrogen) atoms. The Kier molecular flexibility index (Phi) is 4.10. The predicted molar refractivity (Wildman–Crippen MR) is 80.9 cm³/mol. The summed E-state index contributed by atoms with van der Waals surface area (Å²) in [5, 5.41) is 3.40. The molecule has 0 atom stereocenters. The van der Waals surface area contributed by atoms with Crippen LogP contribution in [0, 0.1) is 0 Å². The maximum absolute atomic E-state index is 5.65. The van der Waals surface area contributed by atoms with Gasteiger partial charge in [0.25, 0.3) is 0 Å². The number of nitrogens with zero attached hydrogens (tertiary/aromatic N) is 1. The maximum atomic E-state index is 5.65. The summed E-state index contributed by atoms with van der Waals surface area (Å²) in [7, 11) is 1.78. The van der Waals surface area contributed by atoms with Gasteiger partial charge in [-0.3, -0.25) is 4.90 Å². The Balaban J connectivity index is 1.89. The number of aryl methyl sites for hydroxylation is 1. The molecule has 1 heterocycles. The van der Waals surface area contributed by atoms with Gasteiger partial charge in [-0.25, -0.2) is 0 Å². The monoisotopic (exact) mass is 324 g/mol. The third-order valence-electron chi connectivity index (χ3n) is 4.17. The maximum Gasteiger partial charge on any atom is 0.137 e. The summed E-state index contributed by atoms with van der Waals surface area (Å²) in [6.07, 6.45) is 3.67. The van der Waals surface area contributed by atoms with Crippen molar-refractivity contribution in [2.45, 2.75) is 25.8 Å². The minimum atomic E-state index is 0.997. The van der Waals surface area contributed by atoms with E-state index in [0.29, 0.717) is 0 Å². The molecule has 4 heteroatoms. The number of fused-ring (bicyclic) bond motifs is 1. The van der Waals surface area contributed by atoms with E-state index < -0.39 is 0 Å². The molecule has 0 aromatic heterocycles. The molecule has 1 saturated heterocycles. The summed E-state index contributed by atoms with van der Waals surface area (Å²) in [4.78, 5) is 2.50. The standard InChI is InChI=1S/C15H21BrN2O/c1-19-15-12(10-18-7-5-17-6-8-18)9-11-3-2-4-13(11)14(15)16/h9,17H,2-8,10H2,1H3. The molecule has 104 valence electrons. The normalized spacial score (nSPS) is 19.5. The van der Waals surface area contributed by atoms with E-state index in [1.807, 2.05) is 0 Å². The lowest BCUT2D eigenvalue weighted by Crippen LogP contribution is -2.42. The van der Waals surface area contributed by atoms with Crippen molar-refractivity contribution in [2.24, 2.45) is 0 Å². The van der Waals surface area contributed by atoms with Crippen molar-refractivity contribution in [1.82, 2.24) is 10.2 Å². The van der Waals surface area contributed by atoms with E-state index in [-0.39, 0.29) is 0 Å². The summed E-state index contributed by atoms with van der Waals surface area (Å²) in [6, 6.07) is 2.37. The number of piperazine rings is 1. The fraction of sp³-hybridized carbons (Fsp3) is 0.600. The highest BCUT2D eigenvalue weighted by Crippen LogP contribution is 2.39. The number of halogens is 1. The molecule has 1 aliphatic heterocycles. The van der Waals surface area contributed by atoms with Crippen molar-refractivity contribution in [3.05, 3.63) is 27.2 Å². The van der Waals surface area contributed by atoms with E-state index in [4.69, 9.17) is 4.74 Å². The van der Waals surface area contributed by atoms with Gasteiger partial charge in [0.2, 0.25) is 0 Å². The predicted octanol–water partition coefficient (Wildman–Crippen LogP) is 2.35. The number of benzene rings is 1. The zero-order valence-electron chi connectivity index (χ0n) is 11.5. The molecule has 0 unspecified atom stereocenters. The lowest BCUT2D eigenvalue weighted by Gasteiger charge is -2.28. The fourth-order valence-electron chi connectivity index (χ4n) is 3.18. The fourth-order valence-corrected chi connectivity index (χ4v) is 4.05. The first-order valence-corrected chi connectivity index (χ1v) is 7.89. The van der Waals surface area contributed by atoms with Crippen LogP contribution in [-0.4, -0.2) is 38.2 Å². The van der Waals surface area contributed by atoms with Crippen LogP contribution >= 0.6 is 15.9 Å². The topological polar surface area (TPSA) is 24.5 Å². The van der Waals surface area contributed by atoms with Gasteiger partial charge < -0.3 is 10.1 Å². The summed E-state index contributed by atoms with van der Waals surface area (Å²) in [6.45, 7) is 5.43. The number of rotatable bonds is 3. The minimum absolute atomic E-state index is 0.997. The third-order valence-corrected chi connectivity index (χ3v) is 5.01. The van der Waals surface area contributed by atoms with E-state index in [1.165, 1.54) is 40.4 Å². The van der Waals surface area contributed by atoms with Crippen LogP contribution in [0.3, 0.4) is 0 Å². The second-order valence-corrected chi connectivity index (χ2v) is 6.19. The highest BCUT2D eigenvalue weighted by Gasteiger charge is 2.22. The van der Waals surface area contributed by atoms with E-state index >= 15 is 0 Å². The Morgan fingerprint density at radius 1 is 1.32 bits per heavy atom. The molecule has 0 radical (unpaired) electrons. The van der Waals surface area contributed by atoms with Crippen LogP contribution < -0.4 is 10.1 Å². The lowest BCUT2D eigenvalue weighted by molar-refractivity contribution is 0.230. The summed E-state index contributed by atoms with van der Waals surface area (Å²) >= 11 is 3.75. The van der Waals surface area contributed by atoms with Crippen LogP contribution in [0.2, 0.25) is 0 Å². The Morgan fingerprint density at radius 2 is 2.11 bits per heavy atom. The number of ether oxygens (including phenoxy) is 1. The molecule has 2 aliphatic rings. The number of hydrogen-bond donors (Lipinski definition) is 1. The van der Waals surface area contributed by atoms with E-state index in [1.54, 1.807) is 7.11 Å². The van der Waals surface area contributed by atoms with Crippen molar-refractivity contribution in [1.29, 1.82) is 0 Å². The molecular weight excluding hydrogens is 304 g/mol. The van der Waals surface area contributed by atoms with E-state index in [9.17, 15) is 0 Å². The summed E-state index contributed by atoms with van der Waals surface area (Å²) in [5.74, 6) is 1.04. The zero-order chi connectivity index (χ0) is 13.2. The lowest BCUT2D eigenvalue weighted by atomic mass is 10.0. The van der Waals surface area contributed by atoms with Crippen molar-refractivity contribution in [2.75, 3.05) is 33.3 Å². The Bertz CT molecular complexity index is 470. The Morgan fingerprint density at radius 3 is 2.84 bits per heavy atom. The molecule has 3 nitrogen and oxygen atoms in total. The zero-order valence-corrected chi connectivity index (χ0v) is 13.1. The highest BCUT2D eigenvalue weighted by molar-refractivity contribution is 9.10. The van der Waals surface area contributed by atoms with Crippen LogP contribution in [-0.2, 0) is 19.4 Å². The molecule has 0 saturated carbocycles. The van der Waals surface area contributed by atoms with Gasteiger partial charge in [0.1, 0.15) is 5.75 Å². The smallest absolute Gasteiger partial charge is 0.137 e. The van der Waals surface area contributed by atoms with Gasteiger partial charge >= 0.3 is 0 Å². The number of hydrogen-bond acceptors (Lipinski definition) is 3. The number of nitrogens with one attached hydrogen (secondary N) is 1. The van der Waals surface area contributed by atoms with Gasteiger partial charge in [-0.1, -0.05) is 6.07 Å². The quantitative estimate of drug-likeness (QED) is 0.923. The SMILES string of the molecule is COc1c(CN2CCNCC2)cc2c(c1Br)CCC2. The van der Waals surface area contributed by atoms with Crippen molar-refractivity contribution in [3.8, 4) is 5.75 Å². The molecule has 1 fully saturated rings. The first-order valence-electron chi connectivity index (χ1n) is 7.10. The van der Waals surface area contributed by atoms with Crippen molar-refractivity contribution >= 4 is 15.9 Å². The second-order valence-electron chi connectivity index (χ2n) is 5.40. The van der Waals surface area contributed by atoms with Gasteiger partial charge in [-0.15, -0.1) is 0 Å². The summed E-state index contributed by atoms with van der Waals surface area (Å²) < 4.78 is 6.84. The minimum Gasteiger partial charge on any atom is -0.495 e.